The van der Waals surface area contributed by atoms with Crippen molar-refractivity contribution in [3.05, 3.63) is 23.1 Å². The van der Waals surface area contributed by atoms with Gasteiger partial charge < -0.3 is 19.9 Å². The number of rotatable bonds is 4. The molecule has 0 aliphatic carbocycles. The van der Waals surface area contributed by atoms with Crippen LogP contribution < -0.4 is 5.32 Å². The van der Waals surface area contributed by atoms with Crippen LogP contribution in [-0.4, -0.2) is 29.9 Å². The lowest BCUT2D eigenvalue weighted by Crippen LogP contribution is -2.29. The molecule has 1 heterocycles. The fourth-order valence-corrected chi connectivity index (χ4v) is 1.15. The Balaban J connectivity index is 2.61. The molecule has 5 heteroatoms. The fraction of sp³-hybridized carbons (Fsp3) is 0.500. The van der Waals surface area contributed by atoms with E-state index in [0.717, 1.165) is 0 Å². The van der Waals surface area contributed by atoms with E-state index in [4.69, 9.17) is 16.0 Å². The SMILES string of the molecule is CNCC(O)C(O)c1ccc(Cl)o1. The molecule has 0 aliphatic rings. The largest absolute Gasteiger partial charge is 0.447 e. The van der Waals surface area contributed by atoms with Gasteiger partial charge in [0.05, 0.1) is 6.10 Å². The van der Waals surface area contributed by atoms with Crippen molar-refractivity contribution in [3.8, 4) is 0 Å². The number of likely N-dealkylation sites (N-methyl/N-ethyl adjacent to an activating group) is 1. The third-order valence-electron chi connectivity index (χ3n) is 1.66. The van der Waals surface area contributed by atoms with Gasteiger partial charge in [-0.3, -0.25) is 0 Å². The number of halogens is 1. The second-order valence-corrected chi connectivity index (χ2v) is 3.08. The van der Waals surface area contributed by atoms with Gasteiger partial charge in [-0.05, 0) is 30.8 Å². The zero-order valence-electron chi connectivity index (χ0n) is 7.20. The molecule has 4 nitrogen and oxygen atoms in total. The summed E-state index contributed by atoms with van der Waals surface area (Å²) in [6, 6.07) is 3.05. The molecule has 1 rings (SSSR count). The van der Waals surface area contributed by atoms with Gasteiger partial charge in [0.1, 0.15) is 11.9 Å². The number of nitrogens with one attached hydrogen (secondary N) is 1. The first-order valence-corrected chi connectivity index (χ1v) is 4.29. The minimum atomic E-state index is -1.04. The molecule has 0 bridgehead atoms. The van der Waals surface area contributed by atoms with E-state index in [1.54, 1.807) is 7.05 Å². The standard InChI is InChI=1S/C8H12ClNO3/c1-10-4-5(11)8(12)6-2-3-7(9)13-6/h2-3,5,8,10-12H,4H2,1H3. The van der Waals surface area contributed by atoms with Gasteiger partial charge in [0, 0.05) is 6.54 Å². The molecule has 13 heavy (non-hydrogen) atoms. The molecule has 74 valence electrons. The Labute approximate surface area is 81.1 Å². The quantitative estimate of drug-likeness (QED) is 0.672. The molecule has 0 aliphatic heterocycles. The Morgan fingerprint density at radius 3 is 2.69 bits per heavy atom. The number of hydrogen-bond acceptors (Lipinski definition) is 4. The Bertz CT molecular complexity index is 264. The topological polar surface area (TPSA) is 65.6 Å². The van der Waals surface area contributed by atoms with Gasteiger partial charge in [-0.15, -0.1) is 0 Å². The second-order valence-electron chi connectivity index (χ2n) is 2.71. The lowest BCUT2D eigenvalue weighted by Gasteiger charge is -2.14. The van der Waals surface area contributed by atoms with Crippen molar-refractivity contribution in [2.45, 2.75) is 12.2 Å². The van der Waals surface area contributed by atoms with E-state index < -0.39 is 12.2 Å². The van der Waals surface area contributed by atoms with Gasteiger partial charge in [0.25, 0.3) is 0 Å². The van der Waals surface area contributed by atoms with Crippen LogP contribution in [0.25, 0.3) is 0 Å². The molecule has 0 amide bonds. The van der Waals surface area contributed by atoms with Crippen LogP contribution in [0.15, 0.2) is 16.5 Å². The average molecular weight is 206 g/mol. The number of furan rings is 1. The van der Waals surface area contributed by atoms with Crippen LogP contribution in [0.1, 0.15) is 11.9 Å². The highest BCUT2D eigenvalue weighted by Gasteiger charge is 2.20. The van der Waals surface area contributed by atoms with Crippen LogP contribution in [0.4, 0.5) is 0 Å². The maximum Gasteiger partial charge on any atom is 0.193 e. The maximum absolute atomic E-state index is 9.49. The molecule has 0 spiro atoms. The van der Waals surface area contributed by atoms with Gasteiger partial charge >= 0.3 is 0 Å². The summed E-state index contributed by atoms with van der Waals surface area (Å²) in [7, 11) is 1.69. The normalized spacial score (nSPS) is 15.7. The van der Waals surface area contributed by atoms with Gasteiger partial charge in [-0.25, -0.2) is 0 Å². The number of aliphatic hydroxyl groups excluding tert-OH is 2. The molecule has 0 radical (unpaired) electrons. The average Bonchev–Trinajstić information content (AvgIpc) is 2.51. The van der Waals surface area contributed by atoms with E-state index in [9.17, 15) is 10.2 Å². The molecular formula is C8H12ClNO3. The fourth-order valence-electron chi connectivity index (χ4n) is 0.998. The summed E-state index contributed by atoms with van der Waals surface area (Å²) >= 11 is 5.51. The van der Waals surface area contributed by atoms with E-state index in [1.165, 1.54) is 12.1 Å². The van der Waals surface area contributed by atoms with E-state index in [1.807, 2.05) is 0 Å². The van der Waals surface area contributed by atoms with Crippen molar-refractivity contribution < 1.29 is 14.6 Å². The Morgan fingerprint density at radius 2 is 2.23 bits per heavy atom. The first-order valence-electron chi connectivity index (χ1n) is 3.91. The predicted octanol–water partition coefficient (Wildman–Crippen LogP) is 0.547. The summed E-state index contributed by atoms with van der Waals surface area (Å²) in [6.45, 7) is 0.291. The van der Waals surface area contributed by atoms with Crippen molar-refractivity contribution in [2.75, 3.05) is 13.6 Å². The molecular weight excluding hydrogens is 194 g/mol. The highest BCUT2D eigenvalue weighted by Crippen LogP contribution is 2.21. The lowest BCUT2D eigenvalue weighted by atomic mass is 10.1. The van der Waals surface area contributed by atoms with Crippen LogP contribution >= 0.6 is 11.6 Å². The van der Waals surface area contributed by atoms with E-state index in [2.05, 4.69) is 5.32 Å². The predicted molar refractivity (Wildman–Crippen MR) is 48.6 cm³/mol. The van der Waals surface area contributed by atoms with E-state index in [0.29, 0.717) is 6.54 Å². The van der Waals surface area contributed by atoms with Crippen molar-refractivity contribution >= 4 is 11.6 Å². The van der Waals surface area contributed by atoms with Crippen LogP contribution in [0.5, 0.6) is 0 Å². The number of aliphatic hydroxyl groups is 2. The monoisotopic (exact) mass is 205 g/mol. The highest BCUT2D eigenvalue weighted by atomic mass is 35.5. The van der Waals surface area contributed by atoms with Gasteiger partial charge in [-0.2, -0.15) is 0 Å². The molecule has 0 aromatic carbocycles. The first-order chi connectivity index (χ1) is 6.15. The summed E-state index contributed by atoms with van der Waals surface area (Å²) in [4.78, 5) is 0. The highest BCUT2D eigenvalue weighted by molar-refractivity contribution is 6.28. The van der Waals surface area contributed by atoms with Crippen LogP contribution in [0.3, 0.4) is 0 Å². The van der Waals surface area contributed by atoms with Crippen molar-refractivity contribution in [1.29, 1.82) is 0 Å². The molecule has 0 fully saturated rings. The first kappa shape index (κ1) is 10.5. The number of hydrogen-bond donors (Lipinski definition) is 3. The summed E-state index contributed by atoms with van der Waals surface area (Å²) in [6.07, 6.45) is -1.94. The Hall–Kier alpha value is -0.550. The summed E-state index contributed by atoms with van der Waals surface area (Å²) in [5.74, 6) is 0.271. The van der Waals surface area contributed by atoms with Gasteiger partial charge in [0.15, 0.2) is 5.22 Å². The van der Waals surface area contributed by atoms with Crippen LogP contribution in [-0.2, 0) is 0 Å². The smallest absolute Gasteiger partial charge is 0.193 e. The molecule has 2 atom stereocenters. The summed E-state index contributed by atoms with van der Waals surface area (Å²) in [5.41, 5.74) is 0. The van der Waals surface area contributed by atoms with Gasteiger partial charge in [-0.1, -0.05) is 0 Å². The molecule has 3 N–H and O–H groups in total. The minimum Gasteiger partial charge on any atom is -0.447 e. The van der Waals surface area contributed by atoms with Crippen molar-refractivity contribution in [2.24, 2.45) is 0 Å². The lowest BCUT2D eigenvalue weighted by molar-refractivity contribution is 0.00745. The molecule has 1 aromatic heterocycles. The van der Waals surface area contributed by atoms with Crippen LogP contribution in [0, 0.1) is 0 Å². The summed E-state index contributed by atoms with van der Waals surface area (Å²) < 4.78 is 4.94. The third-order valence-corrected chi connectivity index (χ3v) is 1.87. The molecule has 0 saturated heterocycles. The molecule has 2 unspecified atom stereocenters. The Kier molecular flexibility index (Phi) is 3.74. The third kappa shape index (κ3) is 2.70. The van der Waals surface area contributed by atoms with E-state index >= 15 is 0 Å². The summed E-state index contributed by atoms with van der Waals surface area (Å²) in [5, 5.41) is 21.8. The van der Waals surface area contributed by atoms with Crippen molar-refractivity contribution in [1.82, 2.24) is 5.32 Å². The van der Waals surface area contributed by atoms with Crippen molar-refractivity contribution in [3.63, 3.8) is 0 Å². The van der Waals surface area contributed by atoms with Gasteiger partial charge in [0.2, 0.25) is 0 Å². The zero-order chi connectivity index (χ0) is 9.84. The minimum absolute atomic E-state index is 0.200. The molecule has 1 aromatic rings. The second kappa shape index (κ2) is 4.62. The maximum atomic E-state index is 9.49. The Morgan fingerprint density at radius 1 is 1.54 bits per heavy atom. The molecule has 0 saturated carbocycles. The van der Waals surface area contributed by atoms with Crippen LogP contribution in [0.2, 0.25) is 5.22 Å². The zero-order valence-corrected chi connectivity index (χ0v) is 7.95. The van der Waals surface area contributed by atoms with E-state index in [-0.39, 0.29) is 11.0 Å².